The molecule has 2 N–H and O–H groups in total. The van der Waals surface area contributed by atoms with Gasteiger partial charge < -0.3 is 15.2 Å². The van der Waals surface area contributed by atoms with Gasteiger partial charge in [0, 0.05) is 6.42 Å². The van der Waals surface area contributed by atoms with Crippen molar-refractivity contribution in [1.29, 1.82) is 0 Å². The van der Waals surface area contributed by atoms with Gasteiger partial charge in [0.15, 0.2) is 0 Å². The van der Waals surface area contributed by atoms with Crippen LogP contribution in [0.1, 0.15) is 25.3 Å². The van der Waals surface area contributed by atoms with Gasteiger partial charge >= 0.3 is 18.1 Å². The summed E-state index contributed by atoms with van der Waals surface area (Å²) in [5.74, 6) is -3.02. The number of aliphatic carboxylic acids is 1. The van der Waals surface area contributed by atoms with Crippen molar-refractivity contribution in [3.05, 3.63) is 23.8 Å². The maximum atomic E-state index is 12.3. The van der Waals surface area contributed by atoms with Crippen LogP contribution in [0.5, 0.6) is 5.75 Å². The quantitative estimate of drug-likeness (QED) is 0.810. The van der Waals surface area contributed by atoms with Crippen molar-refractivity contribution in [1.82, 2.24) is 0 Å². The van der Waals surface area contributed by atoms with Gasteiger partial charge in [-0.3, -0.25) is 9.59 Å². The zero-order valence-corrected chi connectivity index (χ0v) is 11.9. The van der Waals surface area contributed by atoms with Gasteiger partial charge in [0.1, 0.15) is 5.75 Å². The van der Waals surface area contributed by atoms with Crippen molar-refractivity contribution in [2.75, 3.05) is 11.9 Å². The molecule has 0 aliphatic heterocycles. The first kappa shape index (κ1) is 17.8. The molecule has 1 rings (SSSR count). The number of halogens is 3. The normalized spacial score (nSPS) is 11.1. The summed E-state index contributed by atoms with van der Waals surface area (Å²) in [5.41, 5.74) is 0.363. The minimum atomic E-state index is -5.01. The number of carboxylic acid groups (broad SMARTS) is 1. The van der Waals surface area contributed by atoms with E-state index in [1.807, 2.05) is 6.92 Å². The minimum Gasteiger partial charge on any atom is -0.491 e. The number of alkyl halides is 3. The Morgan fingerprint density at radius 1 is 1.32 bits per heavy atom. The molecule has 0 aromatic heterocycles. The van der Waals surface area contributed by atoms with Crippen LogP contribution in [0.2, 0.25) is 0 Å². The summed E-state index contributed by atoms with van der Waals surface area (Å²) in [6.07, 6.45) is -4.40. The number of amides is 1. The minimum absolute atomic E-state index is 0.110. The number of hydrogen-bond donors (Lipinski definition) is 2. The molecule has 0 saturated carbocycles. The zero-order valence-electron chi connectivity index (χ0n) is 11.9. The van der Waals surface area contributed by atoms with Crippen molar-refractivity contribution in [2.45, 2.75) is 32.4 Å². The molecule has 5 nitrogen and oxygen atoms in total. The van der Waals surface area contributed by atoms with Crippen molar-refractivity contribution < 1.29 is 32.6 Å². The monoisotopic (exact) mass is 319 g/mol. The molecule has 122 valence electrons. The zero-order chi connectivity index (χ0) is 16.8. The highest BCUT2D eigenvalue weighted by molar-refractivity contribution is 5.96. The van der Waals surface area contributed by atoms with Crippen molar-refractivity contribution in [2.24, 2.45) is 0 Å². The second-order valence-corrected chi connectivity index (χ2v) is 4.52. The molecule has 0 unspecified atom stereocenters. The summed E-state index contributed by atoms with van der Waals surface area (Å²) in [7, 11) is 0. The largest absolute Gasteiger partial charge is 0.491 e. The first-order valence-electron chi connectivity index (χ1n) is 6.59. The van der Waals surface area contributed by atoms with Crippen molar-refractivity contribution in [3.8, 4) is 5.75 Å². The van der Waals surface area contributed by atoms with E-state index in [9.17, 15) is 22.8 Å². The van der Waals surface area contributed by atoms with Crippen molar-refractivity contribution >= 4 is 17.6 Å². The molecule has 8 heteroatoms. The molecular formula is C14H16F3NO4. The van der Waals surface area contributed by atoms with Crippen LogP contribution < -0.4 is 10.1 Å². The van der Waals surface area contributed by atoms with Crippen LogP contribution >= 0.6 is 0 Å². The lowest BCUT2D eigenvalue weighted by Crippen LogP contribution is -2.30. The Morgan fingerprint density at radius 3 is 2.55 bits per heavy atom. The average molecular weight is 319 g/mol. The van der Waals surface area contributed by atoms with E-state index >= 15 is 0 Å². The van der Waals surface area contributed by atoms with E-state index < -0.39 is 18.1 Å². The van der Waals surface area contributed by atoms with Gasteiger partial charge in [-0.25, -0.2) is 0 Å². The molecule has 0 aliphatic carbocycles. The van der Waals surface area contributed by atoms with Crippen LogP contribution in [0.15, 0.2) is 18.2 Å². The topological polar surface area (TPSA) is 75.6 Å². The highest BCUT2D eigenvalue weighted by Gasteiger charge is 2.39. The van der Waals surface area contributed by atoms with E-state index in [4.69, 9.17) is 9.84 Å². The van der Waals surface area contributed by atoms with Gasteiger partial charge in [-0.05, 0) is 30.5 Å². The van der Waals surface area contributed by atoms with Gasteiger partial charge in [0.05, 0.1) is 12.3 Å². The lowest BCUT2D eigenvalue weighted by molar-refractivity contribution is -0.167. The van der Waals surface area contributed by atoms with Gasteiger partial charge in [0.25, 0.3) is 0 Å². The lowest BCUT2D eigenvalue weighted by atomic mass is 10.1. The molecule has 0 saturated heterocycles. The predicted molar refractivity (Wildman–Crippen MR) is 72.9 cm³/mol. The molecule has 0 spiro atoms. The summed E-state index contributed by atoms with van der Waals surface area (Å²) in [6, 6.07) is 4.26. The first-order chi connectivity index (χ1) is 10.2. The molecule has 0 fully saturated rings. The number of carbonyl (C=O) groups excluding carboxylic acids is 1. The molecule has 1 aromatic rings. The maximum absolute atomic E-state index is 12.3. The molecule has 0 bridgehead atoms. The molecule has 22 heavy (non-hydrogen) atoms. The van der Waals surface area contributed by atoms with Gasteiger partial charge in [-0.2, -0.15) is 13.2 Å². The summed E-state index contributed by atoms with van der Waals surface area (Å²) >= 11 is 0. The number of aryl methyl sites for hydroxylation is 1. The number of hydrogen-bond acceptors (Lipinski definition) is 3. The van der Waals surface area contributed by atoms with E-state index in [0.717, 1.165) is 0 Å². The molecule has 0 radical (unpaired) electrons. The fourth-order valence-electron chi connectivity index (χ4n) is 1.61. The predicted octanol–water partition coefficient (Wildman–Crippen LogP) is 2.99. The smallest absolute Gasteiger partial charge is 0.471 e. The van der Waals surface area contributed by atoms with Gasteiger partial charge in [-0.15, -0.1) is 0 Å². The van der Waals surface area contributed by atoms with Crippen LogP contribution in [-0.4, -0.2) is 29.8 Å². The van der Waals surface area contributed by atoms with Crippen LogP contribution in [0.4, 0.5) is 18.9 Å². The van der Waals surface area contributed by atoms with E-state index in [0.29, 0.717) is 12.0 Å². The van der Waals surface area contributed by atoms with Gasteiger partial charge in [0.2, 0.25) is 0 Å². The summed E-state index contributed by atoms with van der Waals surface area (Å²) in [4.78, 5) is 21.6. The molecule has 1 aromatic carbocycles. The second-order valence-electron chi connectivity index (χ2n) is 4.52. The molecule has 0 atom stereocenters. The standard InChI is InChI=1S/C14H16F3NO4/c1-2-7-22-11-5-3-9(4-6-12(19)20)8-10(11)18-13(21)14(15,16)17/h3,5,8H,2,4,6-7H2,1H3,(H,18,21)(H,19,20). The lowest BCUT2D eigenvalue weighted by Gasteiger charge is -2.14. The molecule has 0 aliphatic rings. The van der Waals surface area contributed by atoms with E-state index in [1.54, 1.807) is 11.4 Å². The summed E-state index contributed by atoms with van der Waals surface area (Å²) < 4.78 is 42.3. The number of ether oxygens (including phenoxy) is 1. The highest BCUT2D eigenvalue weighted by atomic mass is 19.4. The first-order valence-corrected chi connectivity index (χ1v) is 6.59. The Labute approximate surface area is 125 Å². The molecule has 1 amide bonds. The van der Waals surface area contributed by atoms with E-state index in [1.165, 1.54) is 12.1 Å². The number of carbonyl (C=O) groups is 2. The number of nitrogens with one attached hydrogen (secondary N) is 1. The van der Waals surface area contributed by atoms with Crippen LogP contribution in [0.25, 0.3) is 0 Å². The molecule has 0 heterocycles. The van der Waals surface area contributed by atoms with Crippen LogP contribution in [0, 0.1) is 0 Å². The Bertz CT molecular complexity index is 543. The average Bonchev–Trinajstić information content (AvgIpc) is 2.43. The number of benzene rings is 1. The SMILES string of the molecule is CCCOc1ccc(CCC(=O)O)cc1NC(=O)C(F)(F)F. The maximum Gasteiger partial charge on any atom is 0.471 e. The molecular weight excluding hydrogens is 303 g/mol. The Balaban J connectivity index is 2.98. The van der Waals surface area contributed by atoms with Crippen LogP contribution in [0.3, 0.4) is 0 Å². The third kappa shape index (κ3) is 5.63. The van der Waals surface area contributed by atoms with E-state index in [-0.39, 0.29) is 30.9 Å². The summed E-state index contributed by atoms with van der Waals surface area (Å²) in [6.45, 7) is 2.11. The fraction of sp³-hybridized carbons (Fsp3) is 0.429. The highest BCUT2D eigenvalue weighted by Crippen LogP contribution is 2.28. The van der Waals surface area contributed by atoms with Gasteiger partial charge in [-0.1, -0.05) is 13.0 Å². The fourth-order valence-corrected chi connectivity index (χ4v) is 1.61. The summed E-state index contributed by atoms with van der Waals surface area (Å²) in [5, 5.41) is 10.4. The Morgan fingerprint density at radius 2 is 2.00 bits per heavy atom. The van der Waals surface area contributed by atoms with E-state index in [2.05, 4.69) is 0 Å². The number of rotatable bonds is 7. The Kier molecular flexibility index (Phi) is 6.21. The van der Waals surface area contributed by atoms with Crippen molar-refractivity contribution in [3.63, 3.8) is 0 Å². The number of anilines is 1. The third-order valence-corrected chi connectivity index (χ3v) is 2.64. The second kappa shape index (κ2) is 7.67. The Hall–Kier alpha value is -2.25. The van der Waals surface area contributed by atoms with Crippen LogP contribution in [-0.2, 0) is 16.0 Å². The third-order valence-electron chi connectivity index (χ3n) is 2.64. The number of carboxylic acids is 1.